The zero-order chi connectivity index (χ0) is 30.2. The zero-order valence-corrected chi connectivity index (χ0v) is 23.6. The van der Waals surface area contributed by atoms with Crippen molar-refractivity contribution in [1.82, 2.24) is 9.97 Å². The predicted octanol–water partition coefficient (Wildman–Crippen LogP) is 6.00. The maximum Gasteiger partial charge on any atom is 0.270 e. The molecular formula is C30H24N8O3S. The summed E-state index contributed by atoms with van der Waals surface area (Å²) in [6.07, 6.45) is 3.28. The molecule has 208 valence electrons. The average molecular weight is 577 g/mol. The fourth-order valence-corrected chi connectivity index (χ4v) is 4.26. The molecular weight excluding hydrogens is 552 g/mol. The number of rotatable bonds is 9. The molecule has 0 aliphatic heterocycles. The molecule has 11 nitrogen and oxygen atoms in total. The molecule has 2 N–H and O–H groups in total. The first-order valence-electron chi connectivity index (χ1n) is 12.4. The number of thioether (sulfide) groups is 1. The molecule has 0 aliphatic rings. The van der Waals surface area contributed by atoms with Gasteiger partial charge in [-0.3, -0.25) is 14.9 Å². The Morgan fingerprint density at radius 1 is 1.02 bits per heavy atom. The van der Waals surface area contributed by atoms with Crippen LogP contribution in [0.3, 0.4) is 0 Å². The molecule has 1 heterocycles. The minimum atomic E-state index is -0.580. The molecule has 4 rings (SSSR count). The second kappa shape index (κ2) is 13.1. The number of nitro groups is 1. The molecule has 0 fully saturated rings. The van der Waals surface area contributed by atoms with Crippen molar-refractivity contribution in [2.75, 3.05) is 35.9 Å². The van der Waals surface area contributed by atoms with Crippen LogP contribution in [0.25, 0.3) is 17.3 Å². The molecule has 0 atom stereocenters. The van der Waals surface area contributed by atoms with Gasteiger partial charge in [-0.2, -0.15) is 10.5 Å². The number of hydrogen-bond donors (Lipinski definition) is 2. The largest absolute Gasteiger partial charge is 0.378 e. The van der Waals surface area contributed by atoms with Gasteiger partial charge >= 0.3 is 0 Å². The highest BCUT2D eigenvalue weighted by molar-refractivity contribution is 7.98. The summed E-state index contributed by atoms with van der Waals surface area (Å²) in [5.41, 5.74) is 3.15. The van der Waals surface area contributed by atoms with Gasteiger partial charge < -0.3 is 15.5 Å². The van der Waals surface area contributed by atoms with Crippen LogP contribution in [0, 0.1) is 32.8 Å². The Morgan fingerprint density at radius 2 is 1.74 bits per heavy atom. The average Bonchev–Trinajstić information content (AvgIpc) is 2.99. The van der Waals surface area contributed by atoms with E-state index in [-0.39, 0.29) is 28.3 Å². The van der Waals surface area contributed by atoms with Crippen molar-refractivity contribution in [3.8, 4) is 23.4 Å². The quantitative estimate of drug-likeness (QED) is 0.0603. The van der Waals surface area contributed by atoms with Crippen LogP contribution >= 0.6 is 11.8 Å². The SMILES string of the molecule is CSc1nc(Nc2cccc(NC(=O)/C(C#N)=C/c3ccc(N(C)C)cc3)c2)c(C#N)c(-c2cccc([N+](=O)[O-])c2)n1. The fourth-order valence-electron chi connectivity index (χ4n) is 3.90. The molecule has 42 heavy (non-hydrogen) atoms. The first kappa shape index (κ1) is 29.3. The fraction of sp³-hybridized carbons (Fsp3) is 0.100. The van der Waals surface area contributed by atoms with Crippen LogP contribution in [0.1, 0.15) is 11.1 Å². The van der Waals surface area contributed by atoms with Gasteiger partial charge in [0.05, 0.1) is 10.6 Å². The van der Waals surface area contributed by atoms with E-state index in [4.69, 9.17) is 0 Å². The van der Waals surface area contributed by atoms with Crippen LogP contribution in [0.4, 0.5) is 28.6 Å². The summed E-state index contributed by atoms with van der Waals surface area (Å²) in [6.45, 7) is 0. The van der Waals surface area contributed by atoms with Gasteiger partial charge in [0, 0.05) is 48.9 Å². The summed E-state index contributed by atoms with van der Waals surface area (Å²) in [7, 11) is 3.84. The highest BCUT2D eigenvalue weighted by Gasteiger charge is 2.19. The van der Waals surface area contributed by atoms with Crippen LogP contribution in [-0.2, 0) is 4.79 Å². The van der Waals surface area contributed by atoms with Crippen LogP contribution in [0.15, 0.2) is 83.5 Å². The lowest BCUT2D eigenvalue weighted by Crippen LogP contribution is -2.13. The second-order valence-electron chi connectivity index (χ2n) is 9.02. The topological polar surface area (TPSA) is 161 Å². The number of carbonyl (C=O) groups is 1. The summed E-state index contributed by atoms with van der Waals surface area (Å²) >= 11 is 1.25. The van der Waals surface area contributed by atoms with Crippen molar-refractivity contribution in [3.05, 3.63) is 99.6 Å². The number of hydrogen-bond acceptors (Lipinski definition) is 10. The van der Waals surface area contributed by atoms with Gasteiger partial charge in [0.15, 0.2) is 11.0 Å². The van der Waals surface area contributed by atoms with Gasteiger partial charge in [0.2, 0.25) is 0 Å². The lowest BCUT2D eigenvalue weighted by atomic mass is 10.1. The number of aromatic nitrogens is 2. The third-order valence-corrected chi connectivity index (χ3v) is 6.53. The van der Waals surface area contributed by atoms with Gasteiger partial charge in [-0.05, 0) is 48.2 Å². The predicted molar refractivity (Wildman–Crippen MR) is 163 cm³/mol. The Hall–Kier alpha value is -5.72. The third-order valence-electron chi connectivity index (χ3n) is 5.98. The van der Waals surface area contributed by atoms with E-state index >= 15 is 0 Å². The third kappa shape index (κ3) is 6.88. The Kier molecular flexibility index (Phi) is 9.12. The monoisotopic (exact) mass is 576 g/mol. The van der Waals surface area contributed by atoms with Crippen molar-refractivity contribution in [2.24, 2.45) is 0 Å². The van der Waals surface area contributed by atoms with E-state index in [1.54, 1.807) is 36.6 Å². The lowest BCUT2D eigenvalue weighted by Gasteiger charge is -2.13. The molecule has 3 aromatic carbocycles. The van der Waals surface area contributed by atoms with E-state index in [9.17, 15) is 25.4 Å². The van der Waals surface area contributed by atoms with Crippen LogP contribution in [-0.4, -0.2) is 41.1 Å². The molecule has 0 saturated heterocycles. The van der Waals surface area contributed by atoms with E-state index in [0.717, 1.165) is 5.69 Å². The minimum absolute atomic E-state index is 0.0697. The van der Waals surface area contributed by atoms with Gasteiger partial charge in [-0.15, -0.1) is 0 Å². The maximum atomic E-state index is 12.9. The highest BCUT2D eigenvalue weighted by Crippen LogP contribution is 2.32. The minimum Gasteiger partial charge on any atom is -0.378 e. The number of nitrogens with zero attached hydrogens (tertiary/aromatic N) is 6. The first-order valence-corrected chi connectivity index (χ1v) is 13.6. The van der Waals surface area contributed by atoms with Crippen LogP contribution in [0.5, 0.6) is 0 Å². The molecule has 4 aromatic rings. The molecule has 12 heteroatoms. The standard InChI is InChI=1S/C30H24N8O3S/c1-37(2)24-12-10-19(11-13-24)14-21(17-31)29(39)34-23-8-5-7-22(16-23)33-28-26(18-32)27(35-30(36-28)42-3)20-6-4-9-25(15-20)38(40)41/h4-16H,1-3H3,(H,34,39)(H,33,35,36)/b21-14+. The van der Waals surface area contributed by atoms with Crippen molar-refractivity contribution < 1.29 is 9.72 Å². The Bertz CT molecular complexity index is 1770. The number of non-ortho nitro benzene ring substituents is 1. The molecule has 0 radical (unpaired) electrons. The molecule has 1 aromatic heterocycles. The van der Waals surface area contributed by atoms with Crippen LogP contribution in [0.2, 0.25) is 0 Å². The number of nitriles is 2. The molecule has 0 spiro atoms. The van der Waals surface area contributed by atoms with Crippen molar-refractivity contribution >= 4 is 52.3 Å². The van der Waals surface area contributed by atoms with E-state index in [2.05, 4.69) is 26.7 Å². The second-order valence-corrected chi connectivity index (χ2v) is 9.79. The van der Waals surface area contributed by atoms with E-state index in [0.29, 0.717) is 27.7 Å². The number of anilines is 4. The molecule has 0 unspecified atom stereocenters. The maximum absolute atomic E-state index is 12.9. The van der Waals surface area contributed by atoms with E-state index in [1.165, 1.54) is 36.0 Å². The van der Waals surface area contributed by atoms with Crippen molar-refractivity contribution in [3.63, 3.8) is 0 Å². The normalized spacial score (nSPS) is 10.7. The molecule has 1 amide bonds. The van der Waals surface area contributed by atoms with Crippen molar-refractivity contribution in [1.29, 1.82) is 10.5 Å². The molecule has 0 aliphatic carbocycles. The number of benzene rings is 3. The van der Waals surface area contributed by atoms with Gasteiger partial charge in [0.1, 0.15) is 23.3 Å². The van der Waals surface area contributed by atoms with Gasteiger partial charge in [0.25, 0.3) is 11.6 Å². The van der Waals surface area contributed by atoms with E-state index < -0.39 is 10.8 Å². The van der Waals surface area contributed by atoms with Crippen molar-refractivity contribution in [2.45, 2.75) is 5.16 Å². The smallest absolute Gasteiger partial charge is 0.270 e. The summed E-state index contributed by atoms with van der Waals surface area (Å²) < 4.78 is 0. The Balaban J connectivity index is 1.61. The number of amides is 1. The first-order chi connectivity index (χ1) is 20.2. The summed E-state index contributed by atoms with van der Waals surface area (Å²) in [5.74, 6) is -0.385. The Labute approximate surface area is 246 Å². The molecule has 0 bridgehead atoms. The van der Waals surface area contributed by atoms with E-state index in [1.807, 2.05) is 49.3 Å². The van der Waals surface area contributed by atoms with Gasteiger partial charge in [-0.25, -0.2) is 9.97 Å². The summed E-state index contributed by atoms with van der Waals surface area (Å²) in [4.78, 5) is 34.5. The summed E-state index contributed by atoms with van der Waals surface area (Å²) in [5, 5.41) is 37.1. The van der Waals surface area contributed by atoms with Gasteiger partial charge in [-0.1, -0.05) is 42.1 Å². The lowest BCUT2D eigenvalue weighted by molar-refractivity contribution is -0.384. The number of nitrogens with one attached hydrogen (secondary N) is 2. The van der Waals surface area contributed by atoms with Crippen LogP contribution < -0.4 is 15.5 Å². The zero-order valence-electron chi connectivity index (χ0n) is 22.8. The highest BCUT2D eigenvalue weighted by atomic mass is 32.2. The Morgan fingerprint density at radius 3 is 2.38 bits per heavy atom. The molecule has 0 saturated carbocycles. The number of carbonyl (C=O) groups excluding carboxylic acids is 1. The number of nitro benzene ring substituents is 1. The summed E-state index contributed by atoms with van der Waals surface area (Å²) in [6, 6.07) is 24.1.